The van der Waals surface area contributed by atoms with E-state index in [9.17, 15) is 24.5 Å². The third-order valence-electron chi connectivity index (χ3n) is 6.43. The molecular weight excluding hydrogens is 494 g/mol. The molecule has 0 bridgehead atoms. The SMILES string of the molecule is COC(=O)[C@H](Cc1cnc[nH]1)N(C(=O)C(C)N)c1cccc([C@@H]2COc3ccc([N+](=O)[O-])cc32)c1C(C)=O. The average molecular weight is 522 g/mol. The molecule has 198 valence electrons. The minimum atomic E-state index is -1.17. The molecule has 0 radical (unpaired) electrons. The van der Waals surface area contributed by atoms with Crippen molar-refractivity contribution in [2.45, 2.75) is 38.3 Å². The van der Waals surface area contributed by atoms with Gasteiger partial charge in [0.05, 0.1) is 36.7 Å². The molecule has 1 amide bonds. The van der Waals surface area contributed by atoms with Crippen LogP contribution in [-0.4, -0.2) is 58.4 Å². The first-order valence-electron chi connectivity index (χ1n) is 11.8. The number of nitro groups is 1. The van der Waals surface area contributed by atoms with Gasteiger partial charge in [-0.25, -0.2) is 9.78 Å². The zero-order chi connectivity index (χ0) is 27.6. The van der Waals surface area contributed by atoms with Crippen LogP contribution in [0.3, 0.4) is 0 Å². The number of ketones is 1. The molecule has 4 rings (SSSR count). The molecular formula is C26H27N5O7. The number of amides is 1. The highest BCUT2D eigenvalue weighted by Crippen LogP contribution is 2.43. The molecule has 0 saturated carbocycles. The number of anilines is 1. The van der Waals surface area contributed by atoms with E-state index in [1.165, 1.54) is 56.6 Å². The second-order valence-corrected chi connectivity index (χ2v) is 8.96. The summed E-state index contributed by atoms with van der Waals surface area (Å²) in [5, 5.41) is 11.4. The summed E-state index contributed by atoms with van der Waals surface area (Å²) in [5.74, 6) is -1.74. The Bertz CT molecular complexity index is 1390. The minimum Gasteiger partial charge on any atom is -0.492 e. The Kier molecular flexibility index (Phi) is 7.53. The van der Waals surface area contributed by atoms with Crippen LogP contribution in [0.5, 0.6) is 5.75 Å². The number of non-ortho nitro benzene ring substituents is 1. The van der Waals surface area contributed by atoms with Crippen molar-refractivity contribution < 1.29 is 28.8 Å². The molecule has 38 heavy (non-hydrogen) atoms. The van der Waals surface area contributed by atoms with E-state index in [2.05, 4.69) is 9.97 Å². The predicted molar refractivity (Wildman–Crippen MR) is 136 cm³/mol. The predicted octanol–water partition coefficient (Wildman–Crippen LogP) is 2.51. The molecule has 0 spiro atoms. The summed E-state index contributed by atoms with van der Waals surface area (Å²) in [6.45, 7) is 2.97. The highest BCUT2D eigenvalue weighted by molar-refractivity contribution is 6.09. The molecule has 12 nitrogen and oxygen atoms in total. The third-order valence-corrected chi connectivity index (χ3v) is 6.43. The Morgan fingerprint density at radius 2 is 2.05 bits per heavy atom. The highest BCUT2D eigenvalue weighted by atomic mass is 16.6. The van der Waals surface area contributed by atoms with E-state index >= 15 is 0 Å². The number of H-pyrrole nitrogens is 1. The van der Waals surface area contributed by atoms with Crippen LogP contribution >= 0.6 is 0 Å². The van der Waals surface area contributed by atoms with Crippen LogP contribution in [-0.2, 0) is 20.7 Å². The molecule has 1 aromatic heterocycles. The van der Waals surface area contributed by atoms with Crippen LogP contribution in [0.1, 0.15) is 46.9 Å². The van der Waals surface area contributed by atoms with Crippen molar-refractivity contribution in [1.29, 1.82) is 0 Å². The summed E-state index contributed by atoms with van der Waals surface area (Å²) in [5.41, 5.74) is 7.84. The molecule has 0 saturated heterocycles. The Morgan fingerprint density at radius 3 is 2.66 bits per heavy atom. The number of nitrogens with zero attached hydrogens (tertiary/aromatic N) is 3. The van der Waals surface area contributed by atoms with Gasteiger partial charge in [0.25, 0.3) is 5.69 Å². The van der Waals surface area contributed by atoms with Crippen molar-refractivity contribution >= 4 is 29.0 Å². The van der Waals surface area contributed by atoms with Gasteiger partial charge in [-0.05, 0) is 31.5 Å². The number of carbonyl (C=O) groups excluding carboxylic acids is 3. The standard InChI is InChI=1S/C26H27N5O7/c1-14(27)25(33)30(22(26(34)37-3)9-16-11-28-13-29-16)21-6-4-5-18(24(21)15(2)32)20-12-38-23-8-7-17(31(35)36)10-19(20)23/h4-8,10-11,13-14,20,22H,9,12,27H2,1-3H3,(H,28,29)/t14?,20-,22-/m0/s1. The van der Waals surface area contributed by atoms with Crippen molar-refractivity contribution in [3.05, 3.63) is 81.4 Å². The van der Waals surface area contributed by atoms with E-state index in [1.54, 1.807) is 18.2 Å². The summed E-state index contributed by atoms with van der Waals surface area (Å²) in [4.78, 5) is 58.7. The number of ether oxygens (including phenoxy) is 2. The Hall–Kier alpha value is -4.58. The lowest BCUT2D eigenvalue weighted by Crippen LogP contribution is -2.53. The summed E-state index contributed by atoms with van der Waals surface area (Å²) in [6.07, 6.45) is 2.99. The van der Waals surface area contributed by atoms with Crippen LogP contribution < -0.4 is 15.4 Å². The Balaban J connectivity index is 1.90. The highest BCUT2D eigenvalue weighted by Gasteiger charge is 2.38. The maximum atomic E-state index is 13.5. The normalized spacial score (nSPS) is 15.6. The van der Waals surface area contributed by atoms with Crippen LogP contribution in [0, 0.1) is 10.1 Å². The fourth-order valence-electron chi connectivity index (χ4n) is 4.69. The van der Waals surface area contributed by atoms with Crippen molar-refractivity contribution in [3.63, 3.8) is 0 Å². The number of Topliss-reactive ketones (excluding diaryl/α,β-unsaturated/α-hetero) is 1. The number of nitro benzene ring substituents is 1. The Morgan fingerprint density at radius 1 is 1.29 bits per heavy atom. The number of methoxy groups -OCH3 is 1. The first-order chi connectivity index (χ1) is 18.1. The molecule has 3 N–H and O–H groups in total. The zero-order valence-electron chi connectivity index (χ0n) is 21.0. The quantitative estimate of drug-likeness (QED) is 0.186. The number of carbonyl (C=O) groups is 3. The molecule has 0 aliphatic carbocycles. The number of aromatic nitrogens is 2. The lowest BCUT2D eigenvalue weighted by atomic mass is 9.86. The van der Waals surface area contributed by atoms with Gasteiger partial charge < -0.3 is 20.2 Å². The number of rotatable bonds is 9. The van der Waals surface area contributed by atoms with Gasteiger partial charge in [0, 0.05) is 47.5 Å². The number of esters is 1. The second kappa shape index (κ2) is 10.8. The summed E-state index contributed by atoms with van der Waals surface area (Å²) >= 11 is 0. The lowest BCUT2D eigenvalue weighted by Gasteiger charge is -2.33. The maximum Gasteiger partial charge on any atom is 0.329 e. The van der Waals surface area contributed by atoms with Gasteiger partial charge in [-0.3, -0.25) is 24.6 Å². The van der Waals surface area contributed by atoms with Crippen molar-refractivity contribution in [1.82, 2.24) is 9.97 Å². The molecule has 2 aromatic carbocycles. The molecule has 2 heterocycles. The zero-order valence-corrected chi connectivity index (χ0v) is 21.0. The van der Waals surface area contributed by atoms with Crippen LogP contribution in [0.25, 0.3) is 0 Å². The first kappa shape index (κ1) is 26.5. The van der Waals surface area contributed by atoms with Gasteiger partial charge in [0.2, 0.25) is 5.91 Å². The third kappa shape index (κ3) is 4.98. The summed E-state index contributed by atoms with van der Waals surface area (Å²) < 4.78 is 10.8. The van der Waals surface area contributed by atoms with Crippen molar-refractivity contribution in [3.8, 4) is 5.75 Å². The number of aromatic amines is 1. The molecule has 1 aliphatic heterocycles. The number of imidazole rings is 1. The minimum absolute atomic E-state index is 0.0221. The maximum absolute atomic E-state index is 13.5. The van der Waals surface area contributed by atoms with E-state index in [0.717, 1.165) is 0 Å². The van der Waals surface area contributed by atoms with Gasteiger partial charge in [0.1, 0.15) is 11.8 Å². The fourth-order valence-corrected chi connectivity index (χ4v) is 4.69. The van der Waals surface area contributed by atoms with Crippen LogP contribution in [0.15, 0.2) is 48.9 Å². The molecule has 12 heteroatoms. The smallest absolute Gasteiger partial charge is 0.329 e. The van der Waals surface area contributed by atoms with E-state index in [1.807, 2.05) is 0 Å². The largest absolute Gasteiger partial charge is 0.492 e. The molecule has 0 fully saturated rings. The second-order valence-electron chi connectivity index (χ2n) is 8.96. The molecule has 3 aromatic rings. The lowest BCUT2D eigenvalue weighted by molar-refractivity contribution is -0.384. The van der Waals surface area contributed by atoms with Crippen LogP contribution in [0.2, 0.25) is 0 Å². The molecule has 1 unspecified atom stereocenters. The number of benzene rings is 2. The van der Waals surface area contributed by atoms with Gasteiger partial charge >= 0.3 is 5.97 Å². The van der Waals surface area contributed by atoms with Crippen molar-refractivity contribution in [2.75, 3.05) is 18.6 Å². The van der Waals surface area contributed by atoms with Gasteiger partial charge in [0.15, 0.2) is 5.78 Å². The van der Waals surface area contributed by atoms with E-state index in [-0.39, 0.29) is 35.7 Å². The number of nitrogens with one attached hydrogen (secondary N) is 1. The summed E-state index contributed by atoms with van der Waals surface area (Å²) in [7, 11) is 1.21. The van der Waals surface area contributed by atoms with Crippen LogP contribution in [0.4, 0.5) is 11.4 Å². The number of hydrogen-bond donors (Lipinski definition) is 2. The van der Waals surface area contributed by atoms with E-state index in [4.69, 9.17) is 15.2 Å². The topological polar surface area (TPSA) is 171 Å². The monoisotopic (exact) mass is 521 g/mol. The van der Waals surface area contributed by atoms with E-state index in [0.29, 0.717) is 22.6 Å². The van der Waals surface area contributed by atoms with Gasteiger partial charge in [-0.1, -0.05) is 12.1 Å². The van der Waals surface area contributed by atoms with E-state index < -0.39 is 34.8 Å². The van der Waals surface area contributed by atoms with Gasteiger partial charge in [-0.15, -0.1) is 0 Å². The summed E-state index contributed by atoms with van der Waals surface area (Å²) in [6, 6.07) is 7.04. The molecule has 1 aliphatic rings. The van der Waals surface area contributed by atoms with Crippen molar-refractivity contribution in [2.24, 2.45) is 5.73 Å². The fraction of sp³-hybridized carbons (Fsp3) is 0.308. The number of nitrogens with two attached hydrogens (primary N) is 1. The number of hydrogen-bond acceptors (Lipinski definition) is 9. The Labute approximate surface area is 217 Å². The molecule has 3 atom stereocenters. The van der Waals surface area contributed by atoms with Gasteiger partial charge in [-0.2, -0.15) is 0 Å². The first-order valence-corrected chi connectivity index (χ1v) is 11.8. The average Bonchev–Trinajstić information content (AvgIpc) is 3.56. The number of fused-ring (bicyclic) bond motifs is 1.